The van der Waals surface area contributed by atoms with Crippen LogP contribution in [0.2, 0.25) is 0 Å². The molecule has 242 valence electrons. The molecule has 3 amide bonds. The first-order valence-corrected chi connectivity index (χ1v) is 16.5. The Hall–Kier alpha value is -4.37. The summed E-state index contributed by atoms with van der Waals surface area (Å²) < 4.78 is 11.0. The summed E-state index contributed by atoms with van der Waals surface area (Å²) in [7, 11) is 3.15. The van der Waals surface area contributed by atoms with Gasteiger partial charge in [-0.05, 0) is 68.0 Å². The predicted molar refractivity (Wildman–Crippen MR) is 177 cm³/mol. The first-order chi connectivity index (χ1) is 22.4. The lowest BCUT2D eigenvalue weighted by atomic mass is 9.85. The van der Waals surface area contributed by atoms with Crippen molar-refractivity contribution in [1.82, 2.24) is 15.1 Å². The fourth-order valence-electron chi connectivity index (χ4n) is 6.95. The number of carbonyl (C=O) groups excluding carboxylic acids is 3. The number of benzene rings is 3. The summed E-state index contributed by atoms with van der Waals surface area (Å²) in [6, 6.07) is 21.4. The van der Waals surface area contributed by atoms with Crippen LogP contribution in [0.3, 0.4) is 0 Å². The molecule has 0 aromatic heterocycles. The largest absolute Gasteiger partial charge is 0.493 e. The van der Waals surface area contributed by atoms with Gasteiger partial charge in [0, 0.05) is 44.7 Å². The second-order valence-corrected chi connectivity index (χ2v) is 12.5. The second-order valence-electron chi connectivity index (χ2n) is 12.5. The van der Waals surface area contributed by atoms with Gasteiger partial charge in [0.05, 0.1) is 37.1 Å². The number of anilines is 1. The van der Waals surface area contributed by atoms with E-state index in [1.165, 1.54) is 10.5 Å². The second kappa shape index (κ2) is 14.0. The van der Waals surface area contributed by atoms with Crippen LogP contribution in [-0.2, 0) is 4.79 Å². The summed E-state index contributed by atoms with van der Waals surface area (Å²) in [5.74, 6) is 0.731. The molecule has 9 heteroatoms. The fourth-order valence-corrected chi connectivity index (χ4v) is 6.95. The Balaban J connectivity index is 1.22. The zero-order valence-corrected chi connectivity index (χ0v) is 27.0. The van der Waals surface area contributed by atoms with Gasteiger partial charge in [-0.1, -0.05) is 48.9 Å². The summed E-state index contributed by atoms with van der Waals surface area (Å²) in [6.07, 6.45) is 4.09. The number of carbonyl (C=O) groups is 3. The van der Waals surface area contributed by atoms with E-state index in [0.29, 0.717) is 48.1 Å². The smallest absolute Gasteiger partial charge is 0.264 e. The molecule has 1 aliphatic carbocycles. The highest BCUT2D eigenvalue weighted by Gasteiger charge is 2.43. The van der Waals surface area contributed by atoms with Crippen LogP contribution in [0.4, 0.5) is 5.69 Å². The molecule has 2 atom stereocenters. The van der Waals surface area contributed by atoms with Gasteiger partial charge in [0.2, 0.25) is 5.91 Å². The van der Waals surface area contributed by atoms with Crippen LogP contribution >= 0.6 is 0 Å². The Bertz CT molecular complexity index is 1570. The Labute approximate surface area is 271 Å². The molecule has 2 heterocycles. The van der Waals surface area contributed by atoms with Gasteiger partial charge in [0.15, 0.2) is 11.5 Å². The molecule has 2 aliphatic heterocycles. The van der Waals surface area contributed by atoms with Crippen LogP contribution in [0.5, 0.6) is 11.5 Å². The van der Waals surface area contributed by atoms with Crippen molar-refractivity contribution in [1.29, 1.82) is 0 Å². The number of hydrogen-bond donors (Lipinski definition) is 1. The molecular weight excluding hydrogens is 580 g/mol. The van der Waals surface area contributed by atoms with E-state index in [1.54, 1.807) is 26.4 Å². The molecule has 0 bridgehead atoms. The van der Waals surface area contributed by atoms with Gasteiger partial charge in [-0.2, -0.15) is 0 Å². The zero-order chi connectivity index (χ0) is 32.2. The van der Waals surface area contributed by atoms with Crippen molar-refractivity contribution in [3.8, 4) is 11.5 Å². The standard InChI is InChI=1S/C37H44N4O5/c1-25(26-10-5-4-6-11-26)39-20-22-40(23-21-39)31-15-8-14-29-34(31)37(44)41(36(29)43)30(16-9-19-38-35(42)27-12-7-13-27)28-17-18-32(45-2)33(24-28)46-3/h4-6,8,10-11,14-15,17-18,24-25,27,30H,7,9,12-13,16,19-23H2,1-3H3,(H,38,42)/t25-,30-/m1/s1. The Kier molecular flexibility index (Phi) is 9.59. The molecule has 46 heavy (non-hydrogen) atoms. The molecule has 1 saturated heterocycles. The monoisotopic (exact) mass is 624 g/mol. The van der Waals surface area contributed by atoms with Crippen molar-refractivity contribution in [2.24, 2.45) is 5.92 Å². The number of rotatable bonds is 12. The van der Waals surface area contributed by atoms with Crippen LogP contribution in [0.15, 0.2) is 66.7 Å². The van der Waals surface area contributed by atoms with Crippen molar-refractivity contribution < 1.29 is 23.9 Å². The zero-order valence-electron chi connectivity index (χ0n) is 27.0. The van der Waals surface area contributed by atoms with Crippen molar-refractivity contribution in [2.75, 3.05) is 51.8 Å². The van der Waals surface area contributed by atoms with Gasteiger partial charge in [-0.15, -0.1) is 0 Å². The molecular formula is C37H44N4O5. The van der Waals surface area contributed by atoms with Gasteiger partial charge < -0.3 is 19.7 Å². The van der Waals surface area contributed by atoms with Gasteiger partial charge in [0.25, 0.3) is 11.8 Å². The number of piperazine rings is 1. The van der Waals surface area contributed by atoms with Gasteiger partial charge in [0.1, 0.15) is 0 Å². The lowest BCUT2D eigenvalue weighted by Gasteiger charge is -2.39. The first-order valence-electron chi connectivity index (χ1n) is 16.5. The van der Waals surface area contributed by atoms with E-state index in [9.17, 15) is 14.4 Å². The number of hydrogen-bond acceptors (Lipinski definition) is 7. The average Bonchev–Trinajstić information content (AvgIpc) is 3.32. The highest BCUT2D eigenvalue weighted by molar-refractivity contribution is 6.24. The first kappa shape index (κ1) is 31.6. The molecule has 6 rings (SSSR count). The summed E-state index contributed by atoms with van der Waals surface area (Å²) in [4.78, 5) is 47.0. The SMILES string of the molecule is COc1ccc([C@@H](CCCNC(=O)C2CCC2)N2C(=O)c3cccc(N4CCN([C@H](C)c5ccccc5)CC4)c3C2=O)cc1OC. The highest BCUT2D eigenvalue weighted by atomic mass is 16.5. The van der Waals surface area contributed by atoms with E-state index in [4.69, 9.17) is 9.47 Å². The molecule has 3 aliphatic rings. The predicted octanol–water partition coefficient (Wildman–Crippen LogP) is 5.62. The number of nitrogens with zero attached hydrogens (tertiary/aromatic N) is 3. The lowest BCUT2D eigenvalue weighted by Crippen LogP contribution is -2.47. The minimum absolute atomic E-state index is 0.0950. The van der Waals surface area contributed by atoms with E-state index >= 15 is 0 Å². The third-order valence-electron chi connectivity index (χ3n) is 9.94. The minimum atomic E-state index is -0.538. The van der Waals surface area contributed by atoms with Crippen molar-refractivity contribution in [3.63, 3.8) is 0 Å². The van der Waals surface area contributed by atoms with E-state index in [2.05, 4.69) is 46.3 Å². The molecule has 9 nitrogen and oxygen atoms in total. The van der Waals surface area contributed by atoms with Crippen molar-refractivity contribution >= 4 is 23.4 Å². The summed E-state index contributed by atoms with van der Waals surface area (Å²) >= 11 is 0. The van der Waals surface area contributed by atoms with Crippen LogP contribution < -0.4 is 19.7 Å². The molecule has 3 aromatic carbocycles. The fraction of sp³-hybridized carbons (Fsp3) is 0.432. The minimum Gasteiger partial charge on any atom is -0.493 e. The van der Waals surface area contributed by atoms with E-state index in [1.807, 2.05) is 30.3 Å². The molecule has 0 unspecified atom stereocenters. The Morgan fingerprint density at radius 3 is 2.28 bits per heavy atom. The maximum atomic E-state index is 14.3. The van der Waals surface area contributed by atoms with Crippen LogP contribution in [0.1, 0.15) is 83.0 Å². The number of fused-ring (bicyclic) bond motifs is 1. The third-order valence-corrected chi connectivity index (χ3v) is 9.94. The topological polar surface area (TPSA) is 91.4 Å². The normalized spacial score (nSPS) is 18.2. The Morgan fingerprint density at radius 2 is 1.61 bits per heavy atom. The van der Waals surface area contributed by atoms with E-state index < -0.39 is 6.04 Å². The molecule has 1 saturated carbocycles. The lowest BCUT2D eigenvalue weighted by molar-refractivity contribution is -0.127. The molecule has 3 aromatic rings. The molecule has 2 fully saturated rings. The van der Waals surface area contributed by atoms with Crippen LogP contribution in [0, 0.1) is 5.92 Å². The van der Waals surface area contributed by atoms with Crippen molar-refractivity contribution in [2.45, 2.75) is 51.1 Å². The maximum absolute atomic E-state index is 14.3. The van der Waals surface area contributed by atoms with Crippen molar-refractivity contribution in [3.05, 3.63) is 89.0 Å². The van der Waals surface area contributed by atoms with E-state index in [0.717, 1.165) is 56.7 Å². The highest BCUT2D eigenvalue weighted by Crippen LogP contribution is 2.41. The Morgan fingerprint density at radius 1 is 0.870 bits per heavy atom. The molecule has 1 N–H and O–H groups in total. The van der Waals surface area contributed by atoms with Crippen LogP contribution in [0.25, 0.3) is 0 Å². The summed E-state index contributed by atoms with van der Waals surface area (Å²) in [5, 5.41) is 3.05. The number of nitrogens with one attached hydrogen (secondary N) is 1. The summed E-state index contributed by atoms with van der Waals surface area (Å²) in [6.45, 7) is 5.94. The van der Waals surface area contributed by atoms with Gasteiger partial charge >= 0.3 is 0 Å². The average molecular weight is 625 g/mol. The molecule has 0 radical (unpaired) electrons. The number of ether oxygens (including phenoxy) is 2. The number of amides is 3. The van der Waals surface area contributed by atoms with Gasteiger partial charge in [-0.25, -0.2) is 0 Å². The molecule has 0 spiro atoms. The quantitative estimate of drug-likeness (QED) is 0.207. The van der Waals surface area contributed by atoms with Crippen LogP contribution in [-0.4, -0.2) is 74.5 Å². The number of methoxy groups -OCH3 is 2. The summed E-state index contributed by atoms with van der Waals surface area (Å²) in [5.41, 5.74) is 3.79. The number of imide groups is 1. The van der Waals surface area contributed by atoms with E-state index in [-0.39, 0.29) is 23.6 Å². The third kappa shape index (κ3) is 6.20. The maximum Gasteiger partial charge on any atom is 0.264 e. The van der Waals surface area contributed by atoms with Gasteiger partial charge in [-0.3, -0.25) is 24.2 Å².